The minimum Gasteiger partial charge on any atom is -0.478 e. The first-order valence-corrected chi connectivity index (χ1v) is 18.8. The van der Waals surface area contributed by atoms with Crippen molar-refractivity contribution in [1.29, 1.82) is 0 Å². The predicted octanol–water partition coefficient (Wildman–Crippen LogP) is 4.24. The van der Waals surface area contributed by atoms with Gasteiger partial charge in [0.15, 0.2) is 0 Å². The van der Waals surface area contributed by atoms with Gasteiger partial charge in [-0.15, -0.1) is 0 Å². The van der Waals surface area contributed by atoms with Gasteiger partial charge in [0.25, 0.3) is 0 Å². The molecule has 0 fully saturated rings. The van der Waals surface area contributed by atoms with Crippen LogP contribution in [0.1, 0.15) is 62.1 Å². The van der Waals surface area contributed by atoms with Gasteiger partial charge >= 0.3 is 35.8 Å². The fourth-order valence-electron chi connectivity index (χ4n) is 6.44. The molecule has 6 N–H and O–H groups in total. The van der Waals surface area contributed by atoms with E-state index in [1.54, 1.807) is 19.6 Å². The fourth-order valence-corrected chi connectivity index (χ4v) is 6.44. The maximum atomic E-state index is 12.1. The third-order valence-corrected chi connectivity index (χ3v) is 9.63. The molecule has 6 heterocycles. The smallest absolute Gasteiger partial charge is 0.337 e. The molecule has 0 aliphatic rings. The Hall–Kier alpha value is -9.08. The van der Waals surface area contributed by atoms with E-state index >= 15 is 0 Å². The number of carboxylic acid groups (broad SMARTS) is 6. The molecular formula is C42H36N10O12. The van der Waals surface area contributed by atoms with Crippen LogP contribution in [0.5, 0.6) is 0 Å². The molecule has 6 rings (SSSR count). The monoisotopic (exact) mass is 872 g/mol. The highest BCUT2D eigenvalue weighted by molar-refractivity contribution is 5.92. The lowest BCUT2D eigenvalue weighted by Gasteiger charge is -2.34. The minimum atomic E-state index is -1.26. The largest absolute Gasteiger partial charge is 0.478 e. The molecule has 326 valence electrons. The lowest BCUT2D eigenvalue weighted by Crippen LogP contribution is -2.41. The van der Waals surface area contributed by atoms with Crippen LogP contribution in [0.3, 0.4) is 0 Å². The van der Waals surface area contributed by atoms with E-state index in [0.29, 0.717) is 11.4 Å². The average Bonchev–Trinajstić information content (AvgIpc) is 3.29. The fraction of sp³-hybridized carbons (Fsp3) is 0.143. The van der Waals surface area contributed by atoms with E-state index in [1.165, 1.54) is 73.6 Å². The van der Waals surface area contributed by atoms with E-state index in [4.69, 9.17) is 0 Å². The number of hydrogen-bond acceptors (Lipinski definition) is 16. The van der Waals surface area contributed by atoms with E-state index in [1.807, 2.05) is 0 Å². The van der Waals surface area contributed by atoms with Crippen LogP contribution in [0, 0.1) is 0 Å². The van der Waals surface area contributed by atoms with Crippen LogP contribution in [0.2, 0.25) is 0 Å². The Balaban J connectivity index is 1.39. The highest BCUT2D eigenvalue weighted by Gasteiger charge is 2.22. The van der Waals surface area contributed by atoms with Crippen LogP contribution in [0.25, 0.3) is 0 Å². The predicted molar refractivity (Wildman–Crippen MR) is 226 cm³/mol. The molecule has 0 saturated carbocycles. The number of nitrogens with zero attached hydrogens (tertiary/aromatic N) is 10. The zero-order valence-electron chi connectivity index (χ0n) is 33.2. The van der Waals surface area contributed by atoms with Crippen molar-refractivity contribution in [3.63, 3.8) is 0 Å². The van der Waals surface area contributed by atoms with E-state index in [9.17, 15) is 59.4 Å². The van der Waals surface area contributed by atoms with Crippen molar-refractivity contribution in [2.45, 2.75) is 0 Å². The van der Waals surface area contributed by atoms with Gasteiger partial charge in [-0.3, -0.25) is 29.9 Å². The number of rotatable bonds is 21. The van der Waals surface area contributed by atoms with Gasteiger partial charge in [-0.25, -0.2) is 28.8 Å². The summed E-state index contributed by atoms with van der Waals surface area (Å²) in [6, 6.07) is 8.17. The molecule has 22 nitrogen and oxygen atoms in total. The number of anilines is 6. The normalized spacial score (nSPS) is 10.7. The second kappa shape index (κ2) is 20.0. The molecule has 0 aliphatic heterocycles. The van der Waals surface area contributed by atoms with Gasteiger partial charge in [0.05, 0.1) is 105 Å². The number of pyridine rings is 6. The van der Waals surface area contributed by atoms with E-state index in [0.717, 1.165) is 37.2 Å². The van der Waals surface area contributed by atoms with Crippen LogP contribution >= 0.6 is 0 Å². The van der Waals surface area contributed by atoms with Crippen molar-refractivity contribution < 1.29 is 59.4 Å². The molecule has 0 aliphatic carbocycles. The summed E-state index contributed by atoms with van der Waals surface area (Å²) in [5.41, 5.74) is 0.832. The van der Waals surface area contributed by atoms with Gasteiger partial charge in [-0.1, -0.05) is 0 Å². The van der Waals surface area contributed by atoms with Crippen LogP contribution in [0.15, 0.2) is 111 Å². The summed E-state index contributed by atoms with van der Waals surface area (Å²) in [6.07, 6.45) is 15.3. The van der Waals surface area contributed by atoms with Crippen molar-refractivity contribution >= 4 is 69.9 Å². The summed E-state index contributed by atoms with van der Waals surface area (Å²) in [6.45, 7) is 0.265. The summed E-state index contributed by atoms with van der Waals surface area (Å²) in [5, 5.41) is 58.7. The van der Waals surface area contributed by atoms with E-state index in [2.05, 4.69) is 29.9 Å². The molecular weight excluding hydrogens is 837 g/mol. The van der Waals surface area contributed by atoms with Gasteiger partial charge in [0.2, 0.25) is 0 Å². The minimum absolute atomic E-state index is 0.0104. The first-order chi connectivity index (χ1) is 30.7. The molecule has 0 aromatic carbocycles. The highest BCUT2D eigenvalue weighted by atomic mass is 16.4. The van der Waals surface area contributed by atoms with Gasteiger partial charge in [0, 0.05) is 76.4 Å². The maximum absolute atomic E-state index is 12.1. The molecule has 22 heteroatoms. The Morgan fingerprint density at radius 3 is 0.703 bits per heavy atom. The van der Waals surface area contributed by atoms with Gasteiger partial charge in [-0.05, 0) is 36.4 Å². The maximum Gasteiger partial charge on any atom is 0.337 e. The summed E-state index contributed by atoms with van der Waals surface area (Å²) in [7, 11) is 0. The molecule has 6 aromatic rings. The zero-order valence-corrected chi connectivity index (χ0v) is 33.2. The third-order valence-electron chi connectivity index (χ3n) is 9.63. The van der Waals surface area contributed by atoms with E-state index < -0.39 is 35.8 Å². The standard InChI is InChI=1S/C42H36N10O12/c53-37(54)25-7-31(19-43-13-25)49(3-5-51(33-9-27(39(57)58)15-45-21-33)34-10-28(40(59)60)16-46-22-34)1-2-50(32-8-26(38(55)56)14-44-20-32)4-6-52(35-11-29(41(61)62)17-47-23-35)36-12-30(42(63)64)18-48-24-36/h7-24H,1-6H2,(H,53,54)(H,55,56)(H,57,58)(H,59,60)(H,61,62)(H,63,64). The van der Waals surface area contributed by atoms with Crippen molar-refractivity contribution in [2.24, 2.45) is 0 Å². The second-order valence-corrected chi connectivity index (χ2v) is 13.7. The Kier molecular flexibility index (Phi) is 13.9. The summed E-state index contributed by atoms with van der Waals surface area (Å²) < 4.78 is 0. The SMILES string of the molecule is O=C(O)c1cncc(N(CCN(CCN(c2cncc(C(=O)O)c2)c2cncc(C(=O)O)c2)c2cncc(C(=O)O)c2)CCN(c2cncc(C(=O)O)c2)c2cncc(C(=O)O)c2)c1. The molecule has 0 spiro atoms. The van der Waals surface area contributed by atoms with Crippen LogP contribution in [-0.4, -0.2) is 136 Å². The van der Waals surface area contributed by atoms with Crippen molar-refractivity contribution in [3.05, 3.63) is 144 Å². The number of hydrogen-bond donors (Lipinski definition) is 6. The third kappa shape index (κ3) is 11.0. The Labute approximate surface area is 361 Å². The molecule has 64 heavy (non-hydrogen) atoms. The lowest BCUT2D eigenvalue weighted by atomic mass is 10.2. The molecule has 0 atom stereocenters. The number of carboxylic acids is 6. The Morgan fingerprint density at radius 2 is 0.484 bits per heavy atom. The van der Waals surface area contributed by atoms with E-state index in [-0.39, 0.29) is 95.4 Å². The quantitative estimate of drug-likeness (QED) is 0.0589. The highest BCUT2D eigenvalue weighted by Crippen LogP contribution is 2.29. The average molecular weight is 873 g/mol. The first kappa shape index (κ1) is 44.5. The molecule has 0 saturated heterocycles. The lowest BCUT2D eigenvalue weighted by molar-refractivity contribution is 0.0685. The van der Waals surface area contributed by atoms with Crippen LogP contribution in [-0.2, 0) is 0 Å². The van der Waals surface area contributed by atoms with Crippen molar-refractivity contribution in [2.75, 3.05) is 58.9 Å². The molecule has 0 amide bonds. The number of aromatic nitrogens is 6. The number of aromatic carboxylic acids is 6. The van der Waals surface area contributed by atoms with Gasteiger partial charge in [-0.2, -0.15) is 0 Å². The van der Waals surface area contributed by atoms with Gasteiger partial charge < -0.3 is 50.2 Å². The molecule has 0 bridgehead atoms. The topological polar surface area (TPSA) is 314 Å². The first-order valence-electron chi connectivity index (χ1n) is 18.8. The Bertz CT molecular complexity index is 2440. The summed E-state index contributed by atoms with van der Waals surface area (Å²) >= 11 is 0. The molecule has 0 radical (unpaired) electrons. The van der Waals surface area contributed by atoms with Crippen LogP contribution in [0.4, 0.5) is 34.1 Å². The van der Waals surface area contributed by atoms with Gasteiger partial charge in [0.1, 0.15) is 0 Å². The Morgan fingerprint density at radius 1 is 0.297 bits per heavy atom. The van der Waals surface area contributed by atoms with Crippen molar-refractivity contribution in [3.8, 4) is 0 Å². The second-order valence-electron chi connectivity index (χ2n) is 13.7. The number of carbonyl (C=O) groups is 6. The zero-order chi connectivity index (χ0) is 45.9. The molecule has 0 unspecified atom stereocenters. The van der Waals surface area contributed by atoms with Crippen molar-refractivity contribution in [1.82, 2.24) is 29.9 Å². The molecule has 6 aromatic heterocycles. The summed E-state index contributed by atoms with van der Waals surface area (Å²) in [5.74, 6) is -7.57. The van der Waals surface area contributed by atoms with Crippen LogP contribution < -0.4 is 19.6 Å². The summed E-state index contributed by atoms with van der Waals surface area (Å²) in [4.78, 5) is 103.